The van der Waals surface area contributed by atoms with Gasteiger partial charge in [-0.25, -0.2) is 0 Å². The largest absolute Gasteiger partial charge is 0.497 e. The van der Waals surface area contributed by atoms with Gasteiger partial charge in [-0.05, 0) is 62.9 Å². The minimum absolute atomic E-state index is 0.141. The van der Waals surface area contributed by atoms with Crippen LogP contribution in [0.25, 0.3) is 0 Å². The first-order chi connectivity index (χ1) is 12.2. The predicted octanol–water partition coefficient (Wildman–Crippen LogP) is 2.59. The van der Waals surface area contributed by atoms with Crippen LogP contribution in [0.2, 0.25) is 0 Å². The molecular weight excluding hydrogens is 316 g/mol. The number of benzene rings is 1. The molecule has 2 saturated heterocycles. The zero-order chi connectivity index (χ0) is 17.5. The van der Waals surface area contributed by atoms with E-state index in [1.54, 1.807) is 7.11 Å². The van der Waals surface area contributed by atoms with E-state index in [0.29, 0.717) is 12.6 Å². The van der Waals surface area contributed by atoms with E-state index in [0.717, 1.165) is 50.4 Å². The van der Waals surface area contributed by atoms with E-state index in [9.17, 15) is 4.79 Å². The van der Waals surface area contributed by atoms with Gasteiger partial charge in [0.1, 0.15) is 5.75 Å². The van der Waals surface area contributed by atoms with Crippen LogP contribution in [0.3, 0.4) is 0 Å². The second kappa shape index (κ2) is 9.20. The smallest absolute Gasteiger partial charge is 0.223 e. The van der Waals surface area contributed by atoms with E-state index in [2.05, 4.69) is 10.2 Å². The second-order valence-electron chi connectivity index (χ2n) is 7.13. The van der Waals surface area contributed by atoms with E-state index in [1.165, 1.54) is 19.3 Å². The fourth-order valence-corrected chi connectivity index (χ4v) is 3.69. The van der Waals surface area contributed by atoms with Crippen molar-refractivity contribution >= 4 is 5.91 Å². The lowest BCUT2D eigenvalue weighted by atomic mass is 9.95. The van der Waals surface area contributed by atoms with Gasteiger partial charge in [0.25, 0.3) is 0 Å². The third-order valence-electron chi connectivity index (χ3n) is 5.32. The fraction of sp³-hybridized carbons (Fsp3) is 0.650. The van der Waals surface area contributed by atoms with Crippen LogP contribution in [-0.2, 0) is 16.1 Å². The summed E-state index contributed by atoms with van der Waals surface area (Å²) in [5, 5.41) is 3.08. The van der Waals surface area contributed by atoms with Crippen LogP contribution in [0.15, 0.2) is 24.3 Å². The minimum Gasteiger partial charge on any atom is -0.497 e. The van der Waals surface area contributed by atoms with Gasteiger partial charge in [-0.3, -0.25) is 4.79 Å². The zero-order valence-corrected chi connectivity index (χ0v) is 15.2. The maximum Gasteiger partial charge on any atom is 0.223 e. The Morgan fingerprint density at radius 3 is 2.60 bits per heavy atom. The summed E-state index contributed by atoms with van der Waals surface area (Å²) in [7, 11) is 1.66. The lowest BCUT2D eigenvalue weighted by Crippen LogP contribution is -2.43. The molecule has 1 amide bonds. The van der Waals surface area contributed by atoms with Crippen molar-refractivity contribution in [2.75, 3.05) is 33.4 Å². The molecule has 5 nitrogen and oxygen atoms in total. The van der Waals surface area contributed by atoms with Crippen LogP contribution in [0.5, 0.6) is 5.75 Å². The number of rotatable bonds is 6. The molecule has 1 N–H and O–H groups in total. The SMILES string of the molecule is COc1ccc(CNC(=O)C2CCN(CC3CCCCO3)CC2)cc1. The predicted molar refractivity (Wildman–Crippen MR) is 97.6 cm³/mol. The molecule has 138 valence electrons. The lowest BCUT2D eigenvalue weighted by molar-refractivity contribution is -0.126. The highest BCUT2D eigenvalue weighted by molar-refractivity contribution is 5.78. The number of carbonyl (C=O) groups excluding carboxylic acids is 1. The topological polar surface area (TPSA) is 50.8 Å². The van der Waals surface area contributed by atoms with Crippen LogP contribution < -0.4 is 10.1 Å². The van der Waals surface area contributed by atoms with Crippen molar-refractivity contribution in [2.45, 2.75) is 44.8 Å². The monoisotopic (exact) mass is 346 g/mol. The Morgan fingerprint density at radius 1 is 1.20 bits per heavy atom. The van der Waals surface area contributed by atoms with Gasteiger partial charge in [-0.1, -0.05) is 12.1 Å². The van der Waals surface area contributed by atoms with Crippen molar-refractivity contribution in [2.24, 2.45) is 5.92 Å². The van der Waals surface area contributed by atoms with Gasteiger partial charge in [0.05, 0.1) is 13.2 Å². The number of carbonyl (C=O) groups is 1. The highest BCUT2D eigenvalue weighted by Crippen LogP contribution is 2.20. The molecule has 0 spiro atoms. The quantitative estimate of drug-likeness (QED) is 0.860. The fourth-order valence-electron chi connectivity index (χ4n) is 3.69. The minimum atomic E-state index is 0.141. The second-order valence-corrected chi connectivity index (χ2v) is 7.13. The summed E-state index contributed by atoms with van der Waals surface area (Å²) >= 11 is 0. The molecule has 1 atom stereocenters. The Balaban J connectivity index is 1.37. The Labute approximate surface area is 150 Å². The third-order valence-corrected chi connectivity index (χ3v) is 5.32. The van der Waals surface area contributed by atoms with Gasteiger partial charge >= 0.3 is 0 Å². The van der Waals surface area contributed by atoms with Crippen LogP contribution in [0, 0.1) is 5.92 Å². The maximum atomic E-state index is 12.4. The number of hydrogen-bond donors (Lipinski definition) is 1. The standard InChI is InChI=1S/C20H30N2O3/c1-24-18-7-5-16(6-8-18)14-21-20(23)17-9-11-22(12-10-17)15-19-4-2-3-13-25-19/h5-8,17,19H,2-4,9-15H2,1H3,(H,21,23). The van der Waals surface area contributed by atoms with Crippen LogP contribution in [-0.4, -0.2) is 50.3 Å². The summed E-state index contributed by atoms with van der Waals surface area (Å²) < 4.78 is 11.0. The van der Waals surface area contributed by atoms with E-state index in [-0.39, 0.29) is 11.8 Å². The van der Waals surface area contributed by atoms with Crippen molar-refractivity contribution in [3.8, 4) is 5.75 Å². The molecular formula is C20H30N2O3. The van der Waals surface area contributed by atoms with Gasteiger partial charge in [-0.2, -0.15) is 0 Å². The van der Waals surface area contributed by atoms with E-state index >= 15 is 0 Å². The Hall–Kier alpha value is -1.59. The van der Waals surface area contributed by atoms with Crippen molar-refractivity contribution in [1.29, 1.82) is 0 Å². The van der Waals surface area contributed by atoms with Gasteiger partial charge in [0, 0.05) is 25.6 Å². The summed E-state index contributed by atoms with van der Waals surface area (Å²) in [4.78, 5) is 14.9. The molecule has 0 aromatic heterocycles. The number of piperidine rings is 1. The molecule has 2 fully saturated rings. The third kappa shape index (κ3) is 5.44. The summed E-state index contributed by atoms with van der Waals surface area (Å²) in [5.74, 6) is 1.16. The molecule has 0 bridgehead atoms. The average Bonchev–Trinajstić information content (AvgIpc) is 2.68. The molecule has 0 radical (unpaired) electrons. The van der Waals surface area contributed by atoms with Crippen LogP contribution in [0.1, 0.15) is 37.7 Å². The van der Waals surface area contributed by atoms with Crippen LogP contribution >= 0.6 is 0 Å². The summed E-state index contributed by atoms with van der Waals surface area (Å²) in [6.45, 7) is 4.52. The first kappa shape index (κ1) is 18.2. The Morgan fingerprint density at radius 2 is 1.96 bits per heavy atom. The first-order valence-electron chi connectivity index (χ1n) is 9.49. The summed E-state index contributed by atoms with van der Waals surface area (Å²) in [5.41, 5.74) is 1.10. The number of nitrogens with zero attached hydrogens (tertiary/aromatic N) is 1. The highest BCUT2D eigenvalue weighted by Gasteiger charge is 2.26. The van der Waals surface area contributed by atoms with E-state index in [4.69, 9.17) is 9.47 Å². The van der Waals surface area contributed by atoms with Crippen molar-refractivity contribution < 1.29 is 14.3 Å². The van der Waals surface area contributed by atoms with Crippen molar-refractivity contribution in [3.05, 3.63) is 29.8 Å². The molecule has 25 heavy (non-hydrogen) atoms. The molecule has 3 rings (SSSR count). The molecule has 2 aliphatic rings. The van der Waals surface area contributed by atoms with Gasteiger partial charge in [0.2, 0.25) is 5.91 Å². The number of hydrogen-bond acceptors (Lipinski definition) is 4. The normalized spacial score (nSPS) is 22.5. The average molecular weight is 346 g/mol. The number of ether oxygens (including phenoxy) is 2. The molecule has 5 heteroatoms. The molecule has 1 aromatic rings. The number of methoxy groups -OCH3 is 1. The molecule has 0 aliphatic carbocycles. The first-order valence-corrected chi connectivity index (χ1v) is 9.49. The molecule has 0 saturated carbocycles. The number of likely N-dealkylation sites (tertiary alicyclic amines) is 1. The Bertz CT molecular complexity index is 532. The van der Waals surface area contributed by atoms with E-state index in [1.807, 2.05) is 24.3 Å². The molecule has 2 aliphatic heterocycles. The molecule has 1 aromatic carbocycles. The summed E-state index contributed by atoms with van der Waals surface area (Å²) in [6.07, 6.45) is 5.96. The molecule has 1 unspecified atom stereocenters. The van der Waals surface area contributed by atoms with Gasteiger partial charge < -0.3 is 19.7 Å². The van der Waals surface area contributed by atoms with Crippen molar-refractivity contribution in [1.82, 2.24) is 10.2 Å². The molecule has 2 heterocycles. The lowest BCUT2D eigenvalue weighted by Gasteiger charge is -2.34. The van der Waals surface area contributed by atoms with Gasteiger partial charge in [-0.15, -0.1) is 0 Å². The number of amides is 1. The Kier molecular flexibility index (Phi) is 6.70. The zero-order valence-electron chi connectivity index (χ0n) is 15.2. The van der Waals surface area contributed by atoms with E-state index < -0.39 is 0 Å². The number of nitrogens with one attached hydrogen (secondary N) is 1. The van der Waals surface area contributed by atoms with Gasteiger partial charge in [0.15, 0.2) is 0 Å². The van der Waals surface area contributed by atoms with Crippen molar-refractivity contribution in [3.63, 3.8) is 0 Å². The summed E-state index contributed by atoms with van der Waals surface area (Å²) in [6, 6.07) is 7.83. The maximum absolute atomic E-state index is 12.4. The highest BCUT2D eigenvalue weighted by atomic mass is 16.5. The van der Waals surface area contributed by atoms with Crippen LogP contribution in [0.4, 0.5) is 0 Å².